The van der Waals surface area contributed by atoms with Crippen molar-refractivity contribution >= 4 is 39.9 Å². The largest absolute Gasteiger partial charge is 0.376 e. The molecule has 0 atom stereocenters. The SMILES string of the molecule is O=C(CNc1ccc(I)cc1)Nc1ccccc1. The summed E-state index contributed by atoms with van der Waals surface area (Å²) in [5, 5.41) is 5.90. The highest BCUT2D eigenvalue weighted by Crippen LogP contribution is 2.11. The minimum absolute atomic E-state index is 0.0558. The summed E-state index contributed by atoms with van der Waals surface area (Å²) in [6.07, 6.45) is 0. The predicted octanol–water partition coefficient (Wildman–Crippen LogP) is 3.34. The van der Waals surface area contributed by atoms with Crippen molar-refractivity contribution in [3.63, 3.8) is 0 Å². The first-order valence-electron chi connectivity index (χ1n) is 5.58. The van der Waals surface area contributed by atoms with Crippen LogP contribution >= 0.6 is 22.6 Å². The molecule has 92 valence electrons. The third-order valence-electron chi connectivity index (χ3n) is 2.35. The molecule has 2 rings (SSSR count). The number of halogens is 1. The maximum Gasteiger partial charge on any atom is 0.243 e. The molecule has 0 saturated heterocycles. The average molecular weight is 352 g/mol. The van der Waals surface area contributed by atoms with E-state index < -0.39 is 0 Å². The smallest absolute Gasteiger partial charge is 0.243 e. The second-order valence-corrected chi connectivity index (χ2v) is 5.02. The summed E-state index contributed by atoms with van der Waals surface area (Å²) < 4.78 is 1.17. The van der Waals surface area contributed by atoms with E-state index in [0.717, 1.165) is 11.4 Å². The Kier molecular flexibility index (Phi) is 4.58. The van der Waals surface area contributed by atoms with E-state index in [-0.39, 0.29) is 12.5 Å². The van der Waals surface area contributed by atoms with Crippen molar-refractivity contribution in [1.29, 1.82) is 0 Å². The van der Waals surface area contributed by atoms with Crippen molar-refractivity contribution in [3.05, 3.63) is 58.2 Å². The van der Waals surface area contributed by atoms with Crippen LogP contribution in [0.15, 0.2) is 54.6 Å². The Hall–Kier alpha value is -1.56. The first-order chi connectivity index (χ1) is 8.74. The van der Waals surface area contributed by atoms with E-state index in [1.165, 1.54) is 3.57 Å². The van der Waals surface area contributed by atoms with Gasteiger partial charge in [-0.15, -0.1) is 0 Å². The second-order valence-electron chi connectivity index (χ2n) is 3.77. The van der Waals surface area contributed by atoms with E-state index in [1.54, 1.807) is 0 Å². The number of rotatable bonds is 4. The highest BCUT2D eigenvalue weighted by molar-refractivity contribution is 14.1. The van der Waals surface area contributed by atoms with E-state index in [0.29, 0.717) is 0 Å². The van der Waals surface area contributed by atoms with Crippen LogP contribution in [-0.2, 0) is 4.79 Å². The monoisotopic (exact) mass is 352 g/mol. The van der Waals surface area contributed by atoms with Crippen molar-refractivity contribution in [1.82, 2.24) is 0 Å². The number of benzene rings is 2. The summed E-state index contributed by atoms with van der Waals surface area (Å²) in [5.41, 5.74) is 1.76. The van der Waals surface area contributed by atoms with E-state index in [9.17, 15) is 4.79 Å². The molecule has 0 aliphatic heterocycles. The van der Waals surface area contributed by atoms with Crippen LogP contribution in [0.3, 0.4) is 0 Å². The lowest BCUT2D eigenvalue weighted by Gasteiger charge is -2.07. The second kappa shape index (κ2) is 6.39. The molecule has 0 spiro atoms. The van der Waals surface area contributed by atoms with Gasteiger partial charge in [-0.2, -0.15) is 0 Å². The van der Waals surface area contributed by atoms with E-state index in [1.807, 2.05) is 54.6 Å². The van der Waals surface area contributed by atoms with Crippen LogP contribution < -0.4 is 10.6 Å². The number of carbonyl (C=O) groups excluding carboxylic acids is 1. The van der Waals surface area contributed by atoms with Crippen LogP contribution in [0, 0.1) is 3.57 Å². The van der Waals surface area contributed by atoms with Crippen LogP contribution in [0.25, 0.3) is 0 Å². The molecule has 4 heteroatoms. The van der Waals surface area contributed by atoms with Crippen LogP contribution in [-0.4, -0.2) is 12.5 Å². The molecular formula is C14H13IN2O. The first-order valence-corrected chi connectivity index (χ1v) is 6.66. The summed E-state index contributed by atoms with van der Waals surface area (Å²) in [6.45, 7) is 0.259. The van der Waals surface area contributed by atoms with Gasteiger partial charge in [0.1, 0.15) is 0 Å². The Labute approximate surface area is 120 Å². The van der Waals surface area contributed by atoms with Gasteiger partial charge in [0.25, 0.3) is 0 Å². The third kappa shape index (κ3) is 4.03. The fraction of sp³-hybridized carbons (Fsp3) is 0.0714. The number of hydrogen-bond acceptors (Lipinski definition) is 2. The van der Waals surface area contributed by atoms with Gasteiger partial charge < -0.3 is 10.6 Å². The standard InChI is InChI=1S/C14H13IN2O/c15-11-6-8-12(9-7-11)16-10-14(18)17-13-4-2-1-3-5-13/h1-9,16H,10H2,(H,17,18). The topological polar surface area (TPSA) is 41.1 Å². The molecular weight excluding hydrogens is 339 g/mol. The highest BCUT2D eigenvalue weighted by atomic mass is 127. The Morgan fingerprint density at radius 3 is 2.28 bits per heavy atom. The Balaban J connectivity index is 1.83. The number of carbonyl (C=O) groups is 1. The molecule has 0 aliphatic carbocycles. The molecule has 0 saturated carbocycles. The van der Waals surface area contributed by atoms with Crippen molar-refractivity contribution in [2.45, 2.75) is 0 Å². The minimum atomic E-state index is -0.0558. The lowest BCUT2D eigenvalue weighted by molar-refractivity contribution is -0.114. The zero-order valence-electron chi connectivity index (χ0n) is 9.69. The molecule has 0 bridgehead atoms. The Morgan fingerprint density at radius 1 is 0.944 bits per heavy atom. The van der Waals surface area contributed by atoms with Crippen molar-refractivity contribution in [3.8, 4) is 0 Å². The fourth-order valence-corrected chi connectivity index (χ4v) is 1.84. The van der Waals surface area contributed by atoms with Gasteiger partial charge in [-0.25, -0.2) is 0 Å². The zero-order valence-corrected chi connectivity index (χ0v) is 11.8. The van der Waals surface area contributed by atoms with Crippen LogP contribution in [0.5, 0.6) is 0 Å². The number of nitrogens with one attached hydrogen (secondary N) is 2. The highest BCUT2D eigenvalue weighted by Gasteiger charge is 2.01. The molecule has 0 radical (unpaired) electrons. The summed E-state index contributed by atoms with van der Waals surface area (Å²) in [4.78, 5) is 11.7. The van der Waals surface area contributed by atoms with E-state index >= 15 is 0 Å². The van der Waals surface area contributed by atoms with E-state index in [2.05, 4.69) is 33.2 Å². The van der Waals surface area contributed by atoms with Gasteiger partial charge in [-0.3, -0.25) is 4.79 Å². The lowest BCUT2D eigenvalue weighted by Crippen LogP contribution is -2.21. The van der Waals surface area contributed by atoms with Gasteiger partial charge in [0.15, 0.2) is 0 Å². The van der Waals surface area contributed by atoms with Crippen LogP contribution in [0.1, 0.15) is 0 Å². The first kappa shape index (κ1) is 12.9. The Morgan fingerprint density at radius 2 is 1.61 bits per heavy atom. The minimum Gasteiger partial charge on any atom is -0.376 e. The zero-order chi connectivity index (χ0) is 12.8. The summed E-state index contributed by atoms with van der Waals surface area (Å²) >= 11 is 2.25. The quantitative estimate of drug-likeness (QED) is 0.829. The number of anilines is 2. The van der Waals surface area contributed by atoms with Gasteiger partial charge in [0, 0.05) is 14.9 Å². The fourth-order valence-electron chi connectivity index (χ4n) is 1.48. The van der Waals surface area contributed by atoms with Gasteiger partial charge in [-0.05, 0) is 59.0 Å². The molecule has 0 fully saturated rings. The number of amides is 1. The maximum absolute atomic E-state index is 11.7. The molecule has 18 heavy (non-hydrogen) atoms. The molecule has 0 aromatic heterocycles. The van der Waals surface area contributed by atoms with Gasteiger partial charge in [0.2, 0.25) is 5.91 Å². The predicted molar refractivity (Wildman–Crippen MR) is 82.7 cm³/mol. The van der Waals surface area contributed by atoms with Crippen molar-refractivity contribution < 1.29 is 4.79 Å². The van der Waals surface area contributed by atoms with E-state index in [4.69, 9.17) is 0 Å². The van der Waals surface area contributed by atoms with Gasteiger partial charge >= 0.3 is 0 Å². The Bertz CT molecular complexity index is 511. The average Bonchev–Trinajstić information content (AvgIpc) is 2.39. The van der Waals surface area contributed by atoms with Gasteiger partial charge in [-0.1, -0.05) is 18.2 Å². The molecule has 0 aliphatic rings. The normalized spacial score (nSPS) is 9.83. The molecule has 2 aromatic carbocycles. The molecule has 2 aromatic rings. The summed E-state index contributed by atoms with van der Waals surface area (Å²) in [6, 6.07) is 17.3. The molecule has 2 N–H and O–H groups in total. The third-order valence-corrected chi connectivity index (χ3v) is 3.07. The van der Waals surface area contributed by atoms with Crippen molar-refractivity contribution in [2.24, 2.45) is 0 Å². The molecule has 0 unspecified atom stereocenters. The van der Waals surface area contributed by atoms with Crippen LogP contribution in [0.4, 0.5) is 11.4 Å². The maximum atomic E-state index is 11.7. The number of hydrogen-bond donors (Lipinski definition) is 2. The summed E-state index contributed by atoms with van der Waals surface area (Å²) in [7, 11) is 0. The van der Waals surface area contributed by atoms with Gasteiger partial charge in [0.05, 0.1) is 6.54 Å². The van der Waals surface area contributed by atoms with Crippen molar-refractivity contribution in [2.75, 3.05) is 17.2 Å². The lowest BCUT2D eigenvalue weighted by atomic mass is 10.3. The number of para-hydroxylation sites is 1. The summed E-state index contributed by atoms with van der Waals surface area (Å²) in [5.74, 6) is -0.0558. The molecule has 3 nitrogen and oxygen atoms in total. The molecule has 0 heterocycles. The molecule has 1 amide bonds. The van der Waals surface area contributed by atoms with Crippen LogP contribution in [0.2, 0.25) is 0 Å².